The largest absolute Gasteiger partial charge is 0.489 e. The Hall–Kier alpha value is -1.38. The maximum atomic E-state index is 5.92. The Morgan fingerprint density at radius 3 is 2.37 bits per heavy atom. The Morgan fingerprint density at radius 1 is 1.21 bits per heavy atom. The number of benzene rings is 1. The van der Waals surface area contributed by atoms with Gasteiger partial charge in [-0.25, -0.2) is 0 Å². The summed E-state index contributed by atoms with van der Waals surface area (Å²) in [6, 6.07) is 5.87. The number of hydrogen-bond acceptors (Lipinski definition) is 3. The van der Waals surface area contributed by atoms with E-state index in [2.05, 4.69) is 33.0 Å². The average molecular weight is 264 g/mol. The highest BCUT2D eigenvalue weighted by Gasteiger charge is 2.21. The smallest absolute Gasteiger partial charge is 0.144 e. The van der Waals surface area contributed by atoms with Crippen LogP contribution in [-0.2, 0) is 0 Å². The van der Waals surface area contributed by atoms with E-state index in [4.69, 9.17) is 10.5 Å². The van der Waals surface area contributed by atoms with Crippen LogP contribution < -0.4 is 15.8 Å². The van der Waals surface area contributed by atoms with Crippen molar-refractivity contribution in [3.63, 3.8) is 0 Å². The van der Waals surface area contributed by atoms with Crippen LogP contribution in [0.1, 0.15) is 41.5 Å². The van der Waals surface area contributed by atoms with Crippen LogP contribution in [0.15, 0.2) is 18.2 Å². The first-order valence-corrected chi connectivity index (χ1v) is 7.02. The highest BCUT2D eigenvalue weighted by atomic mass is 16.5. The quantitative estimate of drug-likeness (QED) is 0.759. The van der Waals surface area contributed by atoms with E-state index < -0.39 is 0 Å². The van der Waals surface area contributed by atoms with Gasteiger partial charge in [-0.1, -0.05) is 27.7 Å². The molecule has 1 aromatic carbocycles. The zero-order valence-electron chi connectivity index (χ0n) is 13.1. The standard InChI is InChI=1S/C16H28N2O/c1-11(2)16(5,6)10-18-13-7-8-14(17)15(9-13)19-12(3)4/h7-9,11-12,18H,10,17H2,1-6H3. The minimum absolute atomic E-state index is 0.129. The van der Waals surface area contributed by atoms with Crippen LogP contribution in [-0.4, -0.2) is 12.6 Å². The Bertz CT molecular complexity index is 411. The molecule has 3 N–H and O–H groups in total. The van der Waals surface area contributed by atoms with E-state index in [0.29, 0.717) is 11.6 Å². The van der Waals surface area contributed by atoms with Crippen molar-refractivity contribution in [2.75, 3.05) is 17.6 Å². The molecule has 3 heteroatoms. The molecule has 0 aliphatic heterocycles. The van der Waals surface area contributed by atoms with Crippen LogP contribution >= 0.6 is 0 Å². The van der Waals surface area contributed by atoms with Crippen molar-refractivity contribution in [3.8, 4) is 5.75 Å². The summed E-state index contributed by atoms with van der Waals surface area (Å²) >= 11 is 0. The van der Waals surface area contributed by atoms with Crippen molar-refractivity contribution in [1.82, 2.24) is 0 Å². The number of hydrogen-bond donors (Lipinski definition) is 2. The Balaban J connectivity index is 2.75. The zero-order chi connectivity index (χ0) is 14.6. The molecule has 1 rings (SSSR count). The van der Waals surface area contributed by atoms with Gasteiger partial charge in [0.05, 0.1) is 11.8 Å². The minimum Gasteiger partial charge on any atom is -0.489 e. The molecular weight excluding hydrogens is 236 g/mol. The van der Waals surface area contributed by atoms with Gasteiger partial charge in [0.2, 0.25) is 0 Å². The molecule has 0 aromatic heterocycles. The Labute approximate surface area is 117 Å². The first-order valence-electron chi connectivity index (χ1n) is 7.02. The lowest BCUT2D eigenvalue weighted by Crippen LogP contribution is -2.28. The zero-order valence-corrected chi connectivity index (χ0v) is 13.1. The molecule has 19 heavy (non-hydrogen) atoms. The lowest BCUT2D eigenvalue weighted by molar-refractivity contribution is 0.244. The lowest BCUT2D eigenvalue weighted by atomic mass is 9.81. The molecule has 0 fully saturated rings. The van der Waals surface area contributed by atoms with E-state index in [1.165, 1.54) is 0 Å². The minimum atomic E-state index is 0.129. The molecule has 1 aromatic rings. The third-order valence-corrected chi connectivity index (χ3v) is 3.69. The molecule has 0 saturated heterocycles. The van der Waals surface area contributed by atoms with Gasteiger partial charge in [-0.15, -0.1) is 0 Å². The van der Waals surface area contributed by atoms with Crippen LogP contribution in [0.25, 0.3) is 0 Å². The molecule has 0 amide bonds. The van der Waals surface area contributed by atoms with E-state index in [9.17, 15) is 0 Å². The molecule has 0 bridgehead atoms. The van der Waals surface area contributed by atoms with Gasteiger partial charge in [0.1, 0.15) is 5.75 Å². The van der Waals surface area contributed by atoms with Gasteiger partial charge in [0.15, 0.2) is 0 Å². The van der Waals surface area contributed by atoms with E-state index in [-0.39, 0.29) is 11.5 Å². The lowest BCUT2D eigenvalue weighted by Gasteiger charge is -2.30. The second-order valence-electron chi connectivity index (χ2n) is 6.42. The average Bonchev–Trinajstić information content (AvgIpc) is 2.29. The molecule has 0 spiro atoms. The maximum Gasteiger partial charge on any atom is 0.144 e. The van der Waals surface area contributed by atoms with E-state index in [1.807, 2.05) is 32.0 Å². The molecule has 3 nitrogen and oxygen atoms in total. The summed E-state index contributed by atoms with van der Waals surface area (Å²) in [5.74, 6) is 1.38. The molecule has 0 heterocycles. The van der Waals surface area contributed by atoms with Crippen molar-refractivity contribution in [2.45, 2.75) is 47.6 Å². The summed E-state index contributed by atoms with van der Waals surface area (Å²) in [6.45, 7) is 14.0. The SMILES string of the molecule is CC(C)Oc1cc(NCC(C)(C)C(C)C)ccc1N. The summed E-state index contributed by atoms with van der Waals surface area (Å²) in [5.41, 5.74) is 7.90. The van der Waals surface area contributed by atoms with Crippen molar-refractivity contribution in [1.29, 1.82) is 0 Å². The molecule has 108 valence electrons. The van der Waals surface area contributed by atoms with Crippen molar-refractivity contribution >= 4 is 11.4 Å². The van der Waals surface area contributed by atoms with Crippen molar-refractivity contribution < 1.29 is 4.74 Å². The first kappa shape index (κ1) is 15.7. The maximum absolute atomic E-state index is 5.92. The topological polar surface area (TPSA) is 47.3 Å². The highest BCUT2D eigenvalue weighted by Crippen LogP contribution is 2.29. The number of nitrogens with one attached hydrogen (secondary N) is 1. The fourth-order valence-corrected chi connectivity index (χ4v) is 1.53. The van der Waals surface area contributed by atoms with E-state index in [1.54, 1.807) is 0 Å². The fourth-order valence-electron chi connectivity index (χ4n) is 1.53. The van der Waals surface area contributed by atoms with Crippen molar-refractivity contribution in [2.24, 2.45) is 11.3 Å². The number of nitrogens with two attached hydrogens (primary N) is 1. The number of rotatable bonds is 6. The van der Waals surface area contributed by atoms with Gasteiger partial charge in [0, 0.05) is 18.3 Å². The summed E-state index contributed by atoms with van der Waals surface area (Å²) < 4.78 is 5.70. The third-order valence-electron chi connectivity index (χ3n) is 3.69. The predicted molar refractivity (Wildman–Crippen MR) is 83.7 cm³/mol. The second kappa shape index (κ2) is 6.18. The Kier molecular flexibility index (Phi) is 5.10. The fraction of sp³-hybridized carbons (Fsp3) is 0.625. The Morgan fingerprint density at radius 2 is 1.84 bits per heavy atom. The molecule has 0 atom stereocenters. The van der Waals surface area contributed by atoms with Crippen LogP contribution in [0.4, 0.5) is 11.4 Å². The first-order chi connectivity index (χ1) is 8.72. The van der Waals surface area contributed by atoms with E-state index in [0.717, 1.165) is 18.0 Å². The van der Waals surface area contributed by atoms with Crippen LogP contribution in [0.2, 0.25) is 0 Å². The van der Waals surface area contributed by atoms with Gasteiger partial charge in [-0.3, -0.25) is 0 Å². The monoisotopic (exact) mass is 264 g/mol. The van der Waals surface area contributed by atoms with E-state index >= 15 is 0 Å². The summed E-state index contributed by atoms with van der Waals surface area (Å²) in [7, 11) is 0. The second-order valence-corrected chi connectivity index (χ2v) is 6.42. The molecule has 0 radical (unpaired) electrons. The third kappa shape index (κ3) is 4.66. The van der Waals surface area contributed by atoms with Gasteiger partial charge in [-0.05, 0) is 37.3 Å². The van der Waals surface area contributed by atoms with Crippen LogP contribution in [0, 0.1) is 11.3 Å². The molecule has 0 unspecified atom stereocenters. The molecular formula is C16H28N2O. The normalized spacial score (nSPS) is 12.0. The summed E-state index contributed by atoms with van der Waals surface area (Å²) in [4.78, 5) is 0. The number of nitrogen functional groups attached to an aromatic ring is 1. The number of ether oxygens (including phenoxy) is 1. The van der Waals surface area contributed by atoms with Gasteiger partial charge in [-0.2, -0.15) is 0 Å². The molecule has 0 aliphatic carbocycles. The van der Waals surface area contributed by atoms with Crippen LogP contribution in [0.5, 0.6) is 5.75 Å². The van der Waals surface area contributed by atoms with Gasteiger partial charge < -0.3 is 15.8 Å². The predicted octanol–water partition coefficient (Wildman–Crippen LogP) is 4.15. The molecule has 0 aliphatic rings. The van der Waals surface area contributed by atoms with Gasteiger partial charge in [0.25, 0.3) is 0 Å². The van der Waals surface area contributed by atoms with Crippen molar-refractivity contribution in [3.05, 3.63) is 18.2 Å². The number of anilines is 2. The van der Waals surface area contributed by atoms with Crippen LogP contribution in [0.3, 0.4) is 0 Å². The molecule has 0 saturated carbocycles. The van der Waals surface area contributed by atoms with Gasteiger partial charge >= 0.3 is 0 Å². The summed E-state index contributed by atoms with van der Waals surface area (Å²) in [5, 5.41) is 3.47. The highest BCUT2D eigenvalue weighted by molar-refractivity contribution is 5.61. The summed E-state index contributed by atoms with van der Waals surface area (Å²) in [6.07, 6.45) is 0.129.